The molecule has 2 aliphatic carbocycles. The summed E-state index contributed by atoms with van der Waals surface area (Å²) in [5.41, 5.74) is -0.146. The zero-order chi connectivity index (χ0) is 27.0. The minimum Gasteiger partial charge on any atom is -0.410 e. The Kier molecular flexibility index (Phi) is 7.52. The highest BCUT2D eigenvalue weighted by Gasteiger charge is 2.61. The third-order valence-corrected chi connectivity index (χ3v) is 9.34. The topological polar surface area (TPSA) is 95.4 Å². The van der Waals surface area contributed by atoms with Gasteiger partial charge in [-0.05, 0) is 80.3 Å². The number of morpholine rings is 1. The van der Waals surface area contributed by atoms with Gasteiger partial charge in [-0.1, -0.05) is 19.1 Å². The first-order valence-corrected chi connectivity index (χ1v) is 13.9. The number of hydrogen-bond donors (Lipinski definition) is 2. The van der Waals surface area contributed by atoms with Crippen LogP contribution in [0.2, 0.25) is 0 Å². The van der Waals surface area contributed by atoms with Gasteiger partial charge in [-0.3, -0.25) is 9.88 Å². The van der Waals surface area contributed by atoms with Gasteiger partial charge in [0.2, 0.25) is 0 Å². The molecule has 0 bridgehead atoms. The van der Waals surface area contributed by atoms with Crippen molar-refractivity contribution in [2.45, 2.75) is 62.6 Å². The van der Waals surface area contributed by atoms with E-state index in [2.05, 4.69) is 22.9 Å². The maximum Gasteiger partial charge on any atom is 0.415 e. The third-order valence-electron chi connectivity index (χ3n) is 9.34. The number of likely N-dealkylation sites (N-methyl/N-ethyl adjacent to an activating group) is 1. The number of aryl methyl sites for hydroxylation is 1. The van der Waals surface area contributed by atoms with Crippen LogP contribution in [0.3, 0.4) is 0 Å². The predicted octanol–water partition coefficient (Wildman–Crippen LogP) is 3.49. The highest BCUT2D eigenvalue weighted by Crippen LogP contribution is 2.59. The molecule has 2 fully saturated rings. The van der Waals surface area contributed by atoms with Crippen LogP contribution >= 0.6 is 0 Å². The van der Waals surface area contributed by atoms with Crippen LogP contribution < -0.4 is 4.74 Å². The van der Waals surface area contributed by atoms with E-state index in [1.165, 1.54) is 5.56 Å². The normalized spacial score (nSPS) is 31.2. The first-order valence-electron chi connectivity index (χ1n) is 13.9. The van der Waals surface area contributed by atoms with E-state index in [1.807, 2.05) is 30.3 Å². The molecule has 1 aromatic carbocycles. The summed E-state index contributed by atoms with van der Waals surface area (Å²) in [4.78, 5) is 21.1. The van der Waals surface area contributed by atoms with Gasteiger partial charge in [0, 0.05) is 44.8 Å². The summed E-state index contributed by atoms with van der Waals surface area (Å²) in [5.74, 6) is 0.746. The number of fused-ring (bicyclic) bond motifs is 3. The zero-order valence-electron chi connectivity index (χ0n) is 22.9. The van der Waals surface area contributed by atoms with Crippen molar-refractivity contribution in [3.05, 3.63) is 59.4 Å². The molecular weight excluding hydrogens is 482 g/mol. The van der Waals surface area contributed by atoms with Crippen LogP contribution in [0.5, 0.6) is 5.75 Å². The minimum atomic E-state index is -1.41. The number of ether oxygens (including phenoxy) is 2. The Hall–Kier alpha value is -2.52. The molecule has 5 rings (SSSR count). The summed E-state index contributed by atoms with van der Waals surface area (Å²) in [6.45, 7) is 8.55. The molecular formula is C30H41N3O5. The fraction of sp³-hybridized carbons (Fsp3) is 0.600. The fourth-order valence-corrected chi connectivity index (χ4v) is 7.00. The minimum absolute atomic E-state index is 0.201. The lowest BCUT2D eigenvalue weighted by Crippen LogP contribution is -2.62. The van der Waals surface area contributed by atoms with Gasteiger partial charge in [0.05, 0.1) is 24.5 Å². The fourth-order valence-electron chi connectivity index (χ4n) is 7.00. The van der Waals surface area contributed by atoms with E-state index in [1.54, 1.807) is 25.1 Å². The summed E-state index contributed by atoms with van der Waals surface area (Å²) < 4.78 is 11.2. The molecule has 8 heteroatoms. The molecule has 0 radical (unpaired) electrons. The second-order valence-electron chi connectivity index (χ2n) is 11.5. The van der Waals surface area contributed by atoms with Crippen LogP contribution in [-0.4, -0.2) is 83.1 Å². The molecule has 2 aromatic rings. The summed E-state index contributed by atoms with van der Waals surface area (Å²) in [6.07, 6.45) is 4.77. The molecule has 206 valence electrons. The Morgan fingerprint density at radius 3 is 2.74 bits per heavy atom. The van der Waals surface area contributed by atoms with Crippen LogP contribution in [0.25, 0.3) is 0 Å². The Labute approximate surface area is 225 Å². The molecule has 38 heavy (non-hydrogen) atoms. The summed E-state index contributed by atoms with van der Waals surface area (Å²) in [6, 6.07) is 11.4. The number of hydrogen-bond acceptors (Lipinski definition) is 7. The number of carbonyl (C=O) groups is 1. The average molecular weight is 524 g/mol. The lowest BCUT2D eigenvalue weighted by atomic mass is 9.49. The molecule has 2 heterocycles. The number of amides is 1. The Morgan fingerprint density at radius 1 is 1.24 bits per heavy atom. The molecule has 4 unspecified atom stereocenters. The molecule has 3 aliphatic rings. The van der Waals surface area contributed by atoms with Gasteiger partial charge in [0.25, 0.3) is 0 Å². The molecule has 4 atom stereocenters. The second-order valence-corrected chi connectivity index (χ2v) is 11.5. The Balaban J connectivity index is 1.32. The molecule has 1 amide bonds. The summed E-state index contributed by atoms with van der Waals surface area (Å²) in [7, 11) is 1.77. The molecule has 2 N–H and O–H groups in total. The maximum absolute atomic E-state index is 12.8. The van der Waals surface area contributed by atoms with Crippen molar-refractivity contribution in [2.75, 3.05) is 46.4 Å². The van der Waals surface area contributed by atoms with E-state index in [0.717, 1.165) is 57.7 Å². The van der Waals surface area contributed by atoms with Gasteiger partial charge in [-0.2, -0.15) is 0 Å². The van der Waals surface area contributed by atoms with E-state index in [9.17, 15) is 15.0 Å². The van der Waals surface area contributed by atoms with Crippen molar-refractivity contribution in [1.82, 2.24) is 14.8 Å². The van der Waals surface area contributed by atoms with Crippen molar-refractivity contribution in [3.63, 3.8) is 0 Å². The van der Waals surface area contributed by atoms with Gasteiger partial charge < -0.3 is 24.6 Å². The molecule has 1 aromatic heterocycles. The lowest BCUT2D eigenvalue weighted by Gasteiger charge is -2.58. The van der Waals surface area contributed by atoms with Gasteiger partial charge in [0.15, 0.2) is 0 Å². The summed E-state index contributed by atoms with van der Waals surface area (Å²) >= 11 is 0. The van der Waals surface area contributed by atoms with Crippen LogP contribution in [0.1, 0.15) is 56.4 Å². The molecule has 1 saturated heterocycles. The molecule has 0 spiro atoms. The maximum atomic E-state index is 12.8. The molecule has 1 aliphatic heterocycles. The largest absolute Gasteiger partial charge is 0.415 e. The van der Waals surface area contributed by atoms with Gasteiger partial charge in [0.1, 0.15) is 11.4 Å². The van der Waals surface area contributed by atoms with E-state index in [0.29, 0.717) is 30.8 Å². The quantitative estimate of drug-likeness (QED) is 0.599. The van der Waals surface area contributed by atoms with E-state index >= 15 is 0 Å². The third kappa shape index (κ3) is 4.83. The van der Waals surface area contributed by atoms with Crippen LogP contribution in [0.15, 0.2) is 42.6 Å². The standard InChI is InChI=1S/C30H41N3O5/c1-4-29-21-28(2,35)30(36,26-7-5-6-12-31-26)20-23(29)9-8-22-19-24(10-11-25(22)29)38-27(34)32(3)13-14-33-15-17-37-18-16-33/h5-7,10-12,19,23,35-36H,4,8-9,13-18,20-21H2,1-3H3. The smallest absolute Gasteiger partial charge is 0.410 e. The van der Waals surface area contributed by atoms with Crippen LogP contribution in [0.4, 0.5) is 4.79 Å². The van der Waals surface area contributed by atoms with Crippen LogP contribution in [-0.2, 0) is 22.2 Å². The molecule has 8 nitrogen and oxygen atoms in total. The monoisotopic (exact) mass is 523 g/mol. The number of pyridine rings is 1. The van der Waals surface area contributed by atoms with Crippen molar-refractivity contribution < 1.29 is 24.5 Å². The number of aromatic nitrogens is 1. The van der Waals surface area contributed by atoms with Crippen molar-refractivity contribution in [2.24, 2.45) is 5.92 Å². The number of rotatable bonds is 6. The first kappa shape index (κ1) is 27.1. The molecule has 1 saturated carbocycles. The van der Waals surface area contributed by atoms with Crippen LogP contribution in [0, 0.1) is 5.92 Å². The highest BCUT2D eigenvalue weighted by atomic mass is 16.6. The number of carbonyl (C=O) groups excluding carboxylic acids is 1. The van der Waals surface area contributed by atoms with E-state index < -0.39 is 11.2 Å². The second kappa shape index (κ2) is 10.6. The Bertz CT molecular complexity index is 1140. The predicted molar refractivity (Wildman–Crippen MR) is 144 cm³/mol. The first-order chi connectivity index (χ1) is 18.2. The number of benzene rings is 1. The SMILES string of the molecule is CCC12CC(C)(O)C(O)(c3ccccn3)CC1CCc1cc(OC(=O)N(C)CCN3CCOCC3)ccc12. The van der Waals surface area contributed by atoms with Crippen molar-refractivity contribution in [3.8, 4) is 5.75 Å². The summed E-state index contributed by atoms with van der Waals surface area (Å²) in [5, 5.41) is 23.5. The van der Waals surface area contributed by atoms with Crippen molar-refractivity contribution in [1.29, 1.82) is 0 Å². The van der Waals surface area contributed by atoms with E-state index in [-0.39, 0.29) is 17.4 Å². The van der Waals surface area contributed by atoms with E-state index in [4.69, 9.17) is 9.47 Å². The number of nitrogens with zero attached hydrogens (tertiary/aromatic N) is 3. The zero-order valence-corrected chi connectivity index (χ0v) is 22.9. The number of aliphatic hydroxyl groups is 2. The van der Waals surface area contributed by atoms with Gasteiger partial charge in [-0.15, -0.1) is 0 Å². The lowest BCUT2D eigenvalue weighted by molar-refractivity contribution is -0.207. The van der Waals surface area contributed by atoms with Gasteiger partial charge >= 0.3 is 6.09 Å². The Morgan fingerprint density at radius 2 is 2.03 bits per heavy atom. The highest BCUT2D eigenvalue weighted by molar-refractivity contribution is 5.70. The van der Waals surface area contributed by atoms with Gasteiger partial charge in [-0.25, -0.2) is 4.79 Å². The average Bonchev–Trinajstić information content (AvgIpc) is 2.93. The van der Waals surface area contributed by atoms with Crippen molar-refractivity contribution >= 4 is 6.09 Å².